The van der Waals surface area contributed by atoms with Gasteiger partial charge in [-0.2, -0.15) is 13.2 Å². The fraction of sp³-hybridized carbons (Fsp3) is 0.333. The largest absolute Gasteiger partial charge is 0.399 e. The lowest BCUT2D eigenvalue weighted by Gasteiger charge is -2.07. The first-order valence-electron chi connectivity index (χ1n) is 3.89. The van der Waals surface area contributed by atoms with Crippen molar-refractivity contribution in [2.24, 2.45) is 0 Å². The van der Waals surface area contributed by atoms with Crippen molar-refractivity contribution >= 4 is 5.69 Å². The number of hydrogen-bond donors (Lipinski definition) is 1. The molecule has 1 rings (SSSR count). The third-order valence-corrected chi connectivity index (χ3v) is 1.73. The fourth-order valence-corrected chi connectivity index (χ4v) is 1.04. The van der Waals surface area contributed by atoms with Gasteiger partial charge in [-0.1, -0.05) is 18.2 Å². The molecule has 0 aliphatic carbocycles. The molecule has 0 spiro atoms. The van der Waals surface area contributed by atoms with E-state index in [1.807, 2.05) is 0 Å². The zero-order chi connectivity index (χ0) is 9.90. The highest BCUT2D eigenvalue weighted by molar-refractivity contribution is 5.46. The van der Waals surface area contributed by atoms with Crippen molar-refractivity contribution in [1.29, 1.82) is 0 Å². The van der Waals surface area contributed by atoms with Crippen LogP contribution in [0.3, 0.4) is 0 Å². The molecule has 0 amide bonds. The topological polar surface area (TPSA) is 26.0 Å². The van der Waals surface area contributed by atoms with Gasteiger partial charge in [-0.05, 0) is 18.1 Å². The highest BCUT2D eigenvalue weighted by Crippen LogP contribution is 2.23. The van der Waals surface area contributed by atoms with Crippen LogP contribution in [0.1, 0.15) is 12.0 Å². The van der Waals surface area contributed by atoms with Gasteiger partial charge in [0.15, 0.2) is 0 Å². The molecule has 0 heterocycles. The SMILES string of the molecule is Nc1ccccc1CCC(F)(F)F. The van der Waals surface area contributed by atoms with E-state index in [-0.39, 0.29) is 6.42 Å². The van der Waals surface area contributed by atoms with Crippen LogP contribution in [0, 0.1) is 0 Å². The summed E-state index contributed by atoms with van der Waals surface area (Å²) in [7, 11) is 0. The molecule has 0 unspecified atom stereocenters. The molecule has 0 fully saturated rings. The molecule has 13 heavy (non-hydrogen) atoms. The highest BCUT2D eigenvalue weighted by atomic mass is 19.4. The highest BCUT2D eigenvalue weighted by Gasteiger charge is 2.26. The Kier molecular flexibility index (Phi) is 2.80. The normalized spacial score (nSPS) is 11.6. The molecule has 2 N–H and O–H groups in total. The standard InChI is InChI=1S/C9H10F3N/c10-9(11,12)6-5-7-3-1-2-4-8(7)13/h1-4H,5-6,13H2. The minimum atomic E-state index is -4.11. The Bertz CT molecular complexity index is 280. The maximum atomic E-state index is 11.8. The molecule has 0 radical (unpaired) electrons. The van der Waals surface area contributed by atoms with Crippen molar-refractivity contribution in [3.63, 3.8) is 0 Å². The van der Waals surface area contributed by atoms with Crippen LogP contribution < -0.4 is 5.73 Å². The van der Waals surface area contributed by atoms with Gasteiger partial charge >= 0.3 is 6.18 Å². The second-order valence-corrected chi connectivity index (χ2v) is 2.81. The predicted molar refractivity (Wildman–Crippen MR) is 45.2 cm³/mol. The zero-order valence-electron chi connectivity index (χ0n) is 6.93. The van der Waals surface area contributed by atoms with Crippen LogP contribution in [0.5, 0.6) is 0 Å². The molecule has 0 bridgehead atoms. The molecule has 0 saturated carbocycles. The lowest BCUT2D eigenvalue weighted by atomic mass is 10.1. The summed E-state index contributed by atoms with van der Waals surface area (Å²) >= 11 is 0. The maximum Gasteiger partial charge on any atom is 0.389 e. The smallest absolute Gasteiger partial charge is 0.389 e. The van der Waals surface area contributed by atoms with Gasteiger partial charge in [0.1, 0.15) is 0 Å². The molecular formula is C9H10F3N. The minimum Gasteiger partial charge on any atom is -0.399 e. The Balaban J connectivity index is 2.60. The van der Waals surface area contributed by atoms with Crippen LogP contribution in [0.4, 0.5) is 18.9 Å². The number of benzene rings is 1. The number of halogens is 3. The average molecular weight is 189 g/mol. The number of aryl methyl sites for hydroxylation is 1. The molecule has 0 aromatic heterocycles. The van der Waals surface area contributed by atoms with E-state index in [0.29, 0.717) is 11.3 Å². The van der Waals surface area contributed by atoms with E-state index in [4.69, 9.17) is 5.73 Å². The molecule has 72 valence electrons. The number of anilines is 1. The first-order chi connectivity index (χ1) is 5.99. The molecule has 0 saturated heterocycles. The first-order valence-corrected chi connectivity index (χ1v) is 3.89. The summed E-state index contributed by atoms with van der Waals surface area (Å²) in [6.07, 6.45) is -4.97. The molecular weight excluding hydrogens is 179 g/mol. The maximum absolute atomic E-state index is 11.8. The number of nitrogens with two attached hydrogens (primary N) is 1. The molecule has 1 nitrogen and oxygen atoms in total. The fourth-order valence-electron chi connectivity index (χ4n) is 1.04. The second kappa shape index (κ2) is 3.68. The van der Waals surface area contributed by atoms with Crippen LogP contribution >= 0.6 is 0 Å². The Labute approximate surface area is 74.4 Å². The summed E-state index contributed by atoms with van der Waals surface area (Å²) < 4.78 is 35.5. The summed E-state index contributed by atoms with van der Waals surface area (Å²) in [6, 6.07) is 6.60. The first kappa shape index (κ1) is 9.89. The van der Waals surface area contributed by atoms with Gasteiger partial charge in [-0.15, -0.1) is 0 Å². The van der Waals surface area contributed by atoms with Gasteiger partial charge in [-0.3, -0.25) is 0 Å². The predicted octanol–water partition coefficient (Wildman–Crippen LogP) is 2.76. The third kappa shape index (κ3) is 3.36. The Hall–Kier alpha value is -1.19. The summed E-state index contributed by atoms with van der Waals surface area (Å²) in [5, 5.41) is 0. The number of rotatable bonds is 2. The van der Waals surface area contributed by atoms with E-state index < -0.39 is 12.6 Å². The van der Waals surface area contributed by atoms with Gasteiger partial charge in [0.05, 0.1) is 0 Å². The van der Waals surface area contributed by atoms with Gasteiger partial charge in [0.25, 0.3) is 0 Å². The minimum absolute atomic E-state index is 0.0455. The molecule has 0 atom stereocenters. The van der Waals surface area contributed by atoms with Crippen LogP contribution in [0.15, 0.2) is 24.3 Å². The van der Waals surface area contributed by atoms with E-state index in [1.54, 1.807) is 24.3 Å². The molecule has 0 aliphatic rings. The number of nitrogen functional groups attached to an aromatic ring is 1. The molecule has 0 aliphatic heterocycles. The Morgan fingerprint density at radius 2 is 1.77 bits per heavy atom. The summed E-state index contributed by atoms with van der Waals surface area (Å²) in [6.45, 7) is 0. The Morgan fingerprint density at radius 1 is 1.15 bits per heavy atom. The monoisotopic (exact) mass is 189 g/mol. The van der Waals surface area contributed by atoms with Crippen molar-refractivity contribution in [2.75, 3.05) is 5.73 Å². The van der Waals surface area contributed by atoms with Crippen molar-refractivity contribution in [3.8, 4) is 0 Å². The van der Waals surface area contributed by atoms with Crippen LogP contribution in [-0.2, 0) is 6.42 Å². The average Bonchev–Trinajstić information content (AvgIpc) is 2.01. The van der Waals surface area contributed by atoms with Gasteiger partial charge < -0.3 is 5.73 Å². The van der Waals surface area contributed by atoms with Crippen molar-refractivity contribution in [3.05, 3.63) is 29.8 Å². The quantitative estimate of drug-likeness (QED) is 0.711. The summed E-state index contributed by atoms with van der Waals surface area (Å²) in [5.74, 6) is 0. The van der Waals surface area contributed by atoms with E-state index in [9.17, 15) is 13.2 Å². The van der Waals surface area contributed by atoms with E-state index in [2.05, 4.69) is 0 Å². The van der Waals surface area contributed by atoms with Crippen molar-refractivity contribution < 1.29 is 13.2 Å². The lowest BCUT2D eigenvalue weighted by molar-refractivity contribution is -0.133. The Morgan fingerprint density at radius 3 is 2.31 bits per heavy atom. The molecule has 1 aromatic carbocycles. The number of para-hydroxylation sites is 1. The number of hydrogen-bond acceptors (Lipinski definition) is 1. The summed E-state index contributed by atoms with van der Waals surface area (Å²) in [4.78, 5) is 0. The zero-order valence-corrected chi connectivity index (χ0v) is 6.93. The molecule has 1 aromatic rings. The van der Waals surface area contributed by atoms with E-state index in [1.165, 1.54) is 0 Å². The van der Waals surface area contributed by atoms with Gasteiger partial charge in [-0.25, -0.2) is 0 Å². The van der Waals surface area contributed by atoms with Gasteiger partial charge in [0.2, 0.25) is 0 Å². The second-order valence-electron chi connectivity index (χ2n) is 2.81. The van der Waals surface area contributed by atoms with Crippen molar-refractivity contribution in [1.82, 2.24) is 0 Å². The van der Waals surface area contributed by atoms with E-state index >= 15 is 0 Å². The van der Waals surface area contributed by atoms with Crippen LogP contribution in [0.2, 0.25) is 0 Å². The number of alkyl halides is 3. The van der Waals surface area contributed by atoms with Crippen LogP contribution in [0.25, 0.3) is 0 Å². The lowest BCUT2D eigenvalue weighted by Crippen LogP contribution is -2.09. The van der Waals surface area contributed by atoms with Gasteiger partial charge in [0, 0.05) is 12.1 Å². The van der Waals surface area contributed by atoms with Crippen LogP contribution in [-0.4, -0.2) is 6.18 Å². The third-order valence-electron chi connectivity index (χ3n) is 1.73. The van der Waals surface area contributed by atoms with Crippen molar-refractivity contribution in [2.45, 2.75) is 19.0 Å². The van der Waals surface area contributed by atoms with E-state index in [0.717, 1.165) is 0 Å². The summed E-state index contributed by atoms with van der Waals surface area (Å²) in [5.41, 5.74) is 6.46. The molecule has 4 heteroatoms.